The van der Waals surface area contributed by atoms with Gasteiger partial charge in [0.15, 0.2) is 6.04 Å². The lowest BCUT2D eigenvalue weighted by Crippen LogP contribution is -2.46. The van der Waals surface area contributed by atoms with Crippen LogP contribution in [0.5, 0.6) is 0 Å². The van der Waals surface area contributed by atoms with Crippen molar-refractivity contribution in [3.8, 4) is 0 Å². The zero-order valence-electron chi connectivity index (χ0n) is 13.8. The molecule has 9 heteroatoms. The van der Waals surface area contributed by atoms with Crippen molar-refractivity contribution >= 4 is 11.8 Å². The van der Waals surface area contributed by atoms with Crippen molar-refractivity contribution in [1.29, 1.82) is 0 Å². The number of likely N-dealkylation sites (tertiary alicyclic amines) is 1. The average Bonchev–Trinajstić information content (AvgIpc) is 2.59. The number of nitrogens with one attached hydrogen (secondary N) is 1. The van der Waals surface area contributed by atoms with Crippen LogP contribution in [0.25, 0.3) is 0 Å². The molecule has 2 heterocycles. The molecule has 1 fully saturated rings. The number of amides is 2. The first-order valence-electron chi connectivity index (χ1n) is 7.86. The maximum atomic E-state index is 13.3. The first kappa shape index (κ1) is 19.2. The van der Waals surface area contributed by atoms with E-state index in [1.807, 2.05) is 0 Å². The lowest BCUT2D eigenvalue weighted by atomic mass is 9.95. The van der Waals surface area contributed by atoms with Gasteiger partial charge in [0.25, 0.3) is 0 Å². The number of carbonyl (C=O) groups excluding carboxylic acids is 2. The topological polar surface area (TPSA) is 71.5 Å². The molecule has 2 amide bonds. The zero-order valence-corrected chi connectivity index (χ0v) is 13.8. The summed E-state index contributed by atoms with van der Waals surface area (Å²) < 4.78 is 44.6. The number of halogens is 3. The molecule has 1 aromatic heterocycles. The molecular weight excluding hydrogens is 339 g/mol. The van der Waals surface area contributed by atoms with Crippen molar-refractivity contribution < 1.29 is 27.5 Å². The van der Waals surface area contributed by atoms with E-state index in [0.717, 1.165) is 6.20 Å². The summed E-state index contributed by atoms with van der Waals surface area (Å²) in [6.45, 7) is 0.599. The highest BCUT2D eigenvalue weighted by Gasteiger charge is 2.43. The summed E-state index contributed by atoms with van der Waals surface area (Å²) in [4.78, 5) is 29.2. The van der Waals surface area contributed by atoms with Crippen LogP contribution in [0.4, 0.5) is 13.2 Å². The normalized spacial score (nSPS) is 17.2. The van der Waals surface area contributed by atoms with Crippen LogP contribution in [-0.2, 0) is 14.3 Å². The molecule has 0 saturated carbocycles. The molecule has 0 aliphatic carbocycles. The van der Waals surface area contributed by atoms with Crippen molar-refractivity contribution in [2.75, 3.05) is 26.8 Å². The predicted octanol–water partition coefficient (Wildman–Crippen LogP) is 1.69. The van der Waals surface area contributed by atoms with Gasteiger partial charge in [-0.2, -0.15) is 13.2 Å². The summed E-state index contributed by atoms with van der Waals surface area (Å²) in [6, 6.07) is 0.569. The molecule has 138 valence electrons. The molecule has 2 rings (SSSR count). The number of methoxy groups -OCH3 is 1. The molecule has 1 atom stereocenters. The minimum atomic E-state index is -4.62. The van der Waals surface area contributed by atoms with Gasteiger partial charge in [0.2, 0.25) is 11.8 Å². The van der Waals surface area contributed by atoms with Crippen LogP contribution in [0, 0.1) is 5.92 Å². The fraction of sp³-hybridized carbons (Fsp3) is 0.562. The number of pyridine rings is 1. The third-order valence-corrected chi connectivity index (χ3v) is 4.12. The monoisotopic (exact) mass is 359 g/mol. The van der Waals surface area contributed by atoms with E-state index in [4.69, 9.17) is 4.74 Å². The summed E-state index contributed by atoms with van der Waals surface area (Å²) in [5.41, 5.74) is -0.115. The Bertz CT molecular complexity index is 587. The van der Waals surface area contributed by atoms with Crippen LogP contribution in [0.15, 0.2) is 24.5 Å². The fourth-order valence-electron chi connectivity index (χ4n) is 2.77. The van der Waals surface area contributed by atoms with E-state index in [0.29, 0.717) is 25.9 Å². The van der Waals surface area contributed by atoms with Crippen LogP contribution < -0.4 is 5.32 Å². The highest BCUT2D eigenvalue weighted by Crippen LogP contribution is 2.33. The number of nitrogens with zero attached hydrogens (tertiary/aromatic N) is 2. The first-order valence-corrected chi connectivity index (χ1v) is 7.86. The molecule has 1 aromatic rings. The Balaban J connectivity index is 1.97. The third kappa shape index (κ3) is 5.15. The third-order valence-electron chi connectivity index (χ3n) is 4.12. The fourth-order valence-corrected chi connectivity index (χ4v) is 2.77. The van der Waals surface area contributed by atoms with Gasteiger partial charge in [0.05, 0.1) is 0 Å². The van der Waals surface area contributed by atoms with E-state index in [-0.39, 0.29) is 18.1 Å². The quantitative estimate of drug-likeness (QED) is 0.868. The van der Waals surface area contributed by atoms with E-state index in [1.165, 1.54) is 25.4 Å². The Morgan fingerprint density at radius 2 is 2.08 bits per heavy atom. The van der Waals surface area contributed by atoms with Crippen molar-refractivity contribution in [3.05, 3.63) is 30.1 Å². The largest absolute Gasteiger partial charge is 0.412 e. The zero-order chi connectivity index (χ0) is 18.4. The lowest BCUT2D eigenvalue weighted by Gasteiger charge is -2.32. The summed E-state index contributed by atoms with van der Waals surface area (Å²) >= 11 is 0. The van der Waals surface area contributed by atoms with Crippen LogP contribution in [0.3, 0.4) is 0 Å². The molecule has 25 heavy (non-hydrogen) atoms. The second kappa shape index (κ2) is 8.28. The minimum Gasteiger partial charge on any atom is -0.375 e. The molecule has 0 radical (unpaired) electrons. The molecule has 1 aliphatic heterocycles. The predicted molar refractivity (Wildman–Crippen MR) is 82.4 cm³/mol. The summed E-state index contributed by atoms with van der Waals surface area (Å²) in [5.74, 6) is -1.41. The number of carbonyl (C=O) groups is 2. The smallest absolute Gasteiger partial charge is 0.375 e. The van der Waals surface area contributed by atoms with Crippen LogP contribution in [0.2, 0.25) is 0 Å². The Morgan fingerprint density at radius 1 is 1.40 bits per heavy atom. The second-order valence-corrected chi connectivity index (χ2v) is 5.86. The Kier molecular flexibility index (Phi) is 6.35. The van der Waals surface area contributed by atoms with Crippen molar-refractivity contribution in [2.24, 2.45) is 5.92 Å². The van der Waals surface area contributed by atoms with Crippen molar-refractivity contribution in [2.45, 2.75) is 25.1 Å². The minimum absolute atomic E-state index is 0.0476. The molecule has 0 aromatic carbocycles. The maximum Gasteiger partial charge on any atom is 0.412 e. The first-order chi connectivity index (χ1) is 11.8. The molecule has 1 N–H and O–H groups in total. The molecule has 1 saturated heterocycles. The van der Waals surface area contributed by atoms with Gasteiger partial charge in [-0.3, -0.25) is 14.6 Å². The van der Waals surface area contributed by atoms with Gasteiger partial charge in [0, 0.05) is 44.1 Å². The average molecular weight is 359 g/mol. The molecular formula is C16H20F3N3O3. The van der Waals surface area contributed by atoms with Gasteiger partial charge < -0.3 is 15.0 Å². The van der Waals surface area contributed by atoms with Crippen molar-refractivity contribution in [3.63, 3.8) is 0 Å². The number of hydrogen-bond donors (Lipinski definition) is 1. The molecule has 0 unspecified atom stereocenters. The van der Waals surface area contributed by atoms with E-state index >= 15 is 0 Å². The Labute approximate surface area is 143 Å². The Hall–Kier alpha value is -2.16. The van der Waals surface area contributed by atoms with Crippen LogP contribution in [0.1, 0.15) is 24.4 Å². The molecule has 6 nitrogen and oxygen atoms in total. The Morgan fingerprint density at radius 3 is 2.60 bits per heavy atom. The van der Waals surface area contributed by atoms with Crippen LogP contribution >= 0.6 is 0 Å². The van der Waals surface area contributed by atoms with Gasteiger partial charge in [-0.05, 0) is 18.9 Å². The number of aromatic nitrogens is 1. The van der Waals surface area contributed by atoms with E-state index < -0.39 is 24.0 Å². The summed E-state index contributed by atoms with van der Waals surface area (Å²) in [7, 11) is 1.41. The summed E-state index contributed by atoms with van der Waals surface area (Å²) in [6.07, 6.45) is -1.53. The standard InChI is InChI=1S/C16H20F3N3O3/c1-25-10-13(23)22-7-4-11(5-8-22)15(24)21-14(16(17,18)19)12-3-2-6-20-9-12/h2-3,6,9,11,14H,4-5,7-8,10H2,1H3,(H,21,24)/t14-/m1/s1. The van der Waals surface area contributed by atoms with Crippen LogP contribution in [-0.4, -0.2) is 54.7 Å². The number of piperidine rings is 1. The second-order valence-electron chi connectivity index (χ2n) is 5.86. The van der Waals surface area contributed by atoms with E-state index in [2.05, 4.69) is 10.3 Å². The SMILES string of the molecule is COCC(=O)N1CCC(C(=O)N[C@H](c2cccnc2)C(F)(F)F)CC1. The highest BCUT2D eigenvalue weighted by atomic mass is 19.4. The molecule has 0 bridgehead atoms. The number of alkyl halides is 3. The van der Waals surface area contributed by atoms with E-state index in [1.54, 1.807) is 4.90 Å². The summed E-state index contributed by atoms with van der Waals surface area (Å²) in [5, 5.41) is 2.08. The van der Waals surface area contributed by atoms with Crippen molar-refractivity contribution in [1.82, 2.24) is 15.2 Å². The number of hydrogen-bond acceptors (Lipinski definition) is 4. The highest BCUT2D eigenvalue weighted by molar-refractivity contribution is 5.80. The molecule has 1 aliphatic rings. The van der Waals surface area contributed by atoms with Gasteiger partial charge >= 0.3 is 6.18 Å². The van der Waals surface area contributed by atoms with Gasteiger partial charge in [-0.25, -0.2) is 0 Å². The van der Waals surface area contributed by atoms with Gasteiger partial charge in [0.1, 0.15) is 6.61 Å². The maximum absolute atomic E-state index is 13.3. The lowest BCUT2D eigenvalue weighted by molar-refractivity contribution is -0.165. The number of rotatable bonds is 5. The van der Waals surface area contributed by atoms with E-state index in [9.17, 15) is 22.8 Å². The van der Waals surface area contributed by atoms with Gasteiger partial charge in [-0.15, -0.1) is 0 Å². The van der Waals surface area contributed by atoms with Gasteiger partial charge in [-0.1, -0.05) is 6.07 Å². The molecule has 0 spiro atoms. The number of ether oxygens (including phenoxy) is 1.